The van der Waals surface area contributed by atoms with E-state index in [-0.39, 0.29) is 22.3 Å². The van der Waals surface area contributed by atoms with E-state index >= 15 is 0 Å². The molecule has 18 heavy (non-hydrogen) atoms. The number of fused-ring (bicyclic) bond motifs is 2. The Morgan fingerprint density at radius 2 is 1.67 bits per heavy atom. The zero-order valence-electron chi connectivity index (χ0n) is 8.42. The smallest absolute Gasteiger partial charge is 0.327 e. The molecule has 0 bridgehead atoms. The average molecular weight is 246 g/mol. The van der Waals surface area contributed by atoms with Crippen molar-refractivity contribution >= 4 is 22.3 Å². The fourth-order valence-corrected chi connectivity index (χ4v) is 1.45. The predicted octanol–water partition coefficient (Wildman–Crippen LogP) is -2.90. The van der Waals surface area contributed by atoms with Crippen LogP contribution in [0.25, 0.3) is 22.3 Å². The molecular formula is C8H2N6O4-2. The van der Waals surface area contributed by atoms with E-state index < -0.39 is 23.1 Å². The standard InChI is InChI=1S/C8H4N6O4/c15-5-1-3(11-7(17)13-5)10-2-4(9-1)12-8(18)14-6(2)16/h(H2,9,12,14,16,18)(H2,10,11,13,15,17)/p-2. The van der Waals surface area contributed by atoms with E-state index in [0.29, 0.717) is 0 Å². The van der Waals surface area contributed by atoms with Gasteiger partial charge < -0.3 is 10.2 Å². The Bertz CT molecular complexity index is 898. The molecule has 3 aromatic rings. The van der Waals surface area contributed by atoms with Crippen LogP contribution in [0.2, 0.25) is 0 Å². The molecule has 0 fully saturated rings. The lowest BCUT2D eigenvalue weighted by Crippen LogP contribution is -2.23. The minimum Gasteiger partial charge on any atom is -0.857 e. The second kappa shape index (κ2) is 3.23. The highest BCUT2D eigenvalue weighted by atomic mass is 16.3. The second-order valence-electron chi connectivity index (χ2n) is 3.31. The minimum absolute atomic E-state index is 0.171. The predicted molar refractivity (Wildman–Crippen MR) is 52.8 cm³/mol. The largest absolute Gasteiger partial charge is 0.857 e. The van der Waals surface area contributed by atoms with Gasteiger partial charge in [0.2, 0.25) is 0 Å². The van der Waals surface area contributed by atoms with E-state index in [1.165, 1.54) is 0 Å². The van der Waals surface area contributed by atoms with Gasteiger partial charge in [0, 0.05) is 5.88 Å². The molecule has 0 radical (unpaired) electrons. The highest BCUT2D eigenvalue weighted by Crippen LogP contribution is 2.17. The Balaban J connectivity index is 2.59. The van der Waals surface area contributed by atoms with E-state index in [0.717, 1.165) is 0 Å². The van der Waals surface area contributed by atoms with Crippen molar-refractivity contribution in [3.05, 3.63) is 20.8 Å². The lowest BCUT2D eigenvalue weighted by molar-refractivity contribution is -0.295. The van der Waals surface area contributed by atoms with E-state index in [1.54, 1.807) is 0 Å². The number of nitrogens with one attached hydrogen (secondary N) is 2. The topological polar surface area (TPSA) is 163 Å². The SMILES string of the molecule is O=c1[nH]c(=O)c2nc3nc([O-])nc([O-])c3nc2[nH]1. The normalized spacial score (nSPS) is 11.1. The van der Waals surface area contributed by atoms with Crippen molar-refractivity contribution in [3.8, 4) is 11.9 Å². The number of hydrogen-bond acceptors (Lipinski definition) is 8. The molecule has 0 aliphatic heterocycles. The molecule has 0 amide bonds. The van der Waals surface area contributed by atoms with Gasteiger partial charge in [-0.25, -0.2) is 19.7 Å². The number of H-pyrrole nitrogens is 2. The van der Waals surface area contributed by atoms with Crippen molar-refractivity contribution in [3.63, 3.8) is 0 Å². The summed E-state index contributed by atoms with van der Waals surface area (Å²) in [4.78, 5) is 40.5. The average Bonchev–Trinajstić information content (AvgIpc) is 2.27. The first-order valence-corrected chi connectivity index (χ1v) is 4.61. The summed E-state index contributed by atoms with van der Waals surface area (Å²) in [7, 11) is 0. The van der Waals surface area contributed by atoms with Crippen molar-refractivity contribution in [1.29, 1.82) is 0 Å². The molecule has 10 heteroatoms. The fourth-order valence-electron chi connectivity index (χ4n) is 1.45. The summed E-state index contributed by atoms with van der Waals surface area (Å²) in [6, 6.07) is -1.01. The third-order valence-corrected chi connectivity index (χ3v) is 2.15. The van der Waals surface area contributed by atoms with Crippen LogP contribution in [0.3, 0.4) is 0 Å². The van der Waals surface area contributed by atoms with Gasteiger partial charge in [-0.2, -0.15) is 0 Å². The summed E-state index contributed by atoms with van der Waals surface area (Å²) in [5, 5.41) is 22.3. The number of hydrogen-bond donors (Lipinski definition) is 2. The first-order valence-electron chi connectivity index (χ1n) is 4.61. The van der Waals surface area contributed by atoms with Gasteiger partial charge in [-0.3, -0.25) is 19.7 Å². The Labute approximate surface area is 96.0 Å². The maximum atomic E-state index is 11.4. The molecule has 10 nitrogen and oxygen atoms in total. The molecular weight excluding hydrogens is 244 g/mol. The second-order valence-corrected chi connectivity index (χ2v) is 3.31. The summed E-state index contributed by atoms with van der Waals surface area (Å²) >= 11 is 0. The van der Waals surface area contributed by atoms with Gasteiger partial charge in [-0.1, -0.05) is 0 Å². The molecule has 0 atom stereocenters. The highest BCUT2D eigenvalue weighted by molar-refractivity contribution is 5.83. The van der Waals surface area contributed by atoms with Gasteiger partial charge in [0.05, 0.1) is 6.01 Å². The Morgan fingerprint density at radius 3 is 2.44 bits per heavy atom. The third kappa shape index (κ3) is 1.36. The molecule has 3 heterocycles. The van der Waals surface area contributed by atoms with E-state index in [9.17, 15) is 19.8 Å². The van der Waals surface area contributed by atoms with Crippen LogP contribution in [0.15, 0.2) is 9.59 Å². The van der Waals surface area contributed by atoms with Crippen molar-refractivity contribution in [2.75, 3.05) is 0 Å². The maximum Gasteiger partial charge on any atom is 0.327 e. The van der Waals surface area contributed by atoms with E-state index in [2.05, 4.69) is 24.9 Å². The highest BCUT2D eigenvalue weighted by Gasteiger charge is 2.08. The number of nitrogens with zero attached hydrogens (tertiary/aromatic N) is 4. The Hall–Kier alpha value is -3.04. The van der Waals surface area contributed by atoms with Crippen LogP contribution in [0.4, 0.5) is 0 Å². The molecule has 3 rings (SSSR count). The van der Waals surface area contributed by atoms with Crippen LogP contribution in [0.1, 0.15) is 0 Å². The lowest BCUT2D eigenvalue weighted by atomic mass is 10.4. The van der Waals surface area contributed by atoms with Crippen LogP contribution in [0.5, 0.6) is 11.9 Å². The summed E-state index contributed by atoms with van der Waals surface area (Å²) < 4.78 is 0. The zero-order chi connectivity index (χ0) is 12.9. The summed E-state index contributed by atoms with van der Waals surface area (Å²) in [6.07, 6.45) is 0. The molecule has 0 aliphatic carbocycles. The number of rotatable bonds is 0. The van der Waals surface area contributed by atoms with E-state index in [1.807, 2.05) is 4.98 Å². The van der Waals surface area contributed by atoms with Crippen molar-refractivity contribution in [2.45, 2.75) is 0 Å². The number of aromatic nitrogens is 6. The summed E-state index contributed by atoms with van der Waals surface area (Å²) in [6.45, 7) is 0. The van der Waals surface area contributed by atoms with Gasteiger partial charge in [-0.05, 0) is 0 Å². The molecule has 2 N–H and O–H groups in total. The first-order chi connectivity index (χ1) is 8.54. The van der Waals surface area contributed by atoms with Gasteiger partial charge in [0.25, 0.3) is 5.56 Å². The van der Waals surface area contributed by atoms with Gasteiger partial charge in [-0.15, -0.1) is 0 Å². The van der Waals surface area contributed by atoms with Crippen molar-refractivity contribution < 1.29 is 10.2 Å². The fraction of sp³-hybridized carbons (Fsp3) is 0. The third-order valence-electron chi connectivity index (χ3n) is 2.15. The quantitative estimate of drug-likeness (QED) is 0.398. The molecule has 0 spiro atoms. The van der Waals surface area contributed by atoms with Crippen LogP contribution in [0, 0.1) is 0 Å². The summed E-state index contributed by atoms with van der Waals surface area (Å²) in [5.74, 6) is -0.916. The van der Waals surface area contributed by atoms with E-state index in [4.69, 9.17) is 0 Å². The molecule has 90 valence electrons. The van der Waals surface area contributed by atoms with Crippen LogP contribution in [-0.4, -0.2) is 29.9 Å². The Morgan fingerprint density at radius 1 is 0.889 bits per heavy atom. The molecule has 0 saturated carbocycles. The molecule has 0 unspecified atom stereocenters. The van der Waals surface area contributed by atoms with Gasteiger partial charge >= 0.3 is 5.69 Å². The zero-order valence-corrected chi connectivity index (χ0v) is 8.42. The van der Waals surface area contributed by atoms with Crippen LogP contribution >= 0.6 is 0 Å². The molecule has 0 aliphatic rings. The van der Waals surface area contributed by atoms with Crippen molar-refractivity contribution in [1.82, 2.24) is 29.9 Å². The van der Waals surface area contributed by atoms with Crippen molar-refractivity contribution in [2.24, 2.45) is 0 Å². The molecule has 3 aromatic heterocycles. The monoisotopic (exact) mass is 246 g/mol. The maximum absolute atomic E-state index is 11.4. The summed E-state index contributed by atoms with van der Waals surface area (Å²) in [5.41, 5.74) is -2.54. The minimum atomic E-state index is -1.01. The van der Waals surface area contributed by atoms with Crippen LogP contribution < -0.4 is 21.5 Å². The lowest BCUT2D eigenvalue weighted by Gasteiger charge is -2.11. The van der Waals surface area contributed by atoms with Crippen LogP contribution in [-0.2, 0) is 0 Å². The Kier molecular flexibility index (Phi) is 1.82. The number of aromatic amines is 2. The van der Waals surface area contributed by atoms with Gasteiger partial charge in [0.15, 0.2) is 16.8 Å². The van der Waals surface area contributed by atoms with Gasteiger partial charge in [0.1, 0.15) is 5.52 Å². The first kappa shape index (κ1) is 10.1. The molecule has 0 aromatic carbocycles. The molecule has 0 saturated heterocycles.